The molecule has 0 bridgehead atoms. The summed E-state index contributed by atoms with van der Waals surface area (Å²) >= 11 is 0. The third-order valence-electron chi connectivity index (χ3n) is 5.64. The van der Waals surface area contributed by atoms with Gasteiger partial charge in [-0.1, -0.05) is 6.07 Å². The first kappa shape index (κ1) is 20.8. The first-order valence-corrected chi connectivity index (χ1v) is 11.3. The number of imide groups is 1. The van der Waals surface area contributed by atoms with Crippen LogP contribution in [0.1, 0.15) is 18.4 Å². The van der Waals surface area contributed by atoms with Crippen molar-refractivity contribution < 1.29 is 27.5 Å². The van der Waals surface area contributed by atoms with Crippen molar-refractivity contribution in [1.29, 1.82) is 0 Å². The highest BCUT2D eigenvalue weighted by molar-refractivity contribution is 7.89. The number of carbonyl (C=O) groups excluding carboxylic acids is 3. The second-order valence-corrected chi connectivity index (χ2v) is 9.51. The fourth-order valence-electron chi connectivity index (χ4n) is 4.05. The van der Waals surface area contributed by atoms with Gasteiger partial charge in [0.25, 0.3) is 5.91 Å². The van der Waals surface area contributed by atoms with Crippen LogP contribution in [-0.4, -0.2) is 85.8 Å². The molecule has 30 heavy (non-hydrogen) atoms. The summed E-state index contributed by atoms with van der Waals surface area (Å²) in [6.07, 6.45) is 1.40. The first-order valence-electron chi connectivity index (χ1n) is 9.89. The van der Waals surface area contributed by atoms with Crippen molar-refractivity contribution in [1.82, 2.24) is 14.1 Å². The lowest BCUT2D eigenvalue weighted by molar-refractivity contribution is -0.131. The van der Waals surface area contributed by atoms with E-state index >= 15 is 0 Å². The zero-order valence-electron chi connectivity index (χ0n) is 16.7. The molecule has 1 aromatic rings. The molecule has 11 heteroatoms. The number of fused-ring (bicyclic) bond motifs is 1. The van der Waals surface area contributed by atoms with Crippen LogP contribution in [0, 0.1) is 6.92 Å². The second-order valence-electron chi connectivity index (χ2n) is 7.60. The van der Waals surface area contributed by atoms with E-state index in [0.29, 0.717) is 31.7 Å². The van der Waals surface area contributed by atoms with Gasteiger partial charge < -0.3 is 15.0 Å². The third kappa shape index (κ3) is 3.68. The smallest absolute Gasteiger partial charge is 0.327 e. The lowest BCUT2D eigenvalue weighted by Crippen LogP contribution is -2.41. The Morgan fingerprint density at radius 1 is 1.20 bits per heavy atom. The van der Waals surface area contributed by atoms with Gasteiger partial charge in [-0.3, -0.25) is 14.5 Å². The molecular weight excluding hydrogens is 412 g/mol. The lowest BCUT2D eigenvalue weighted by atomic mass is 10.2. The Morgan fingerprint density at radius 3 is 2.63 bits per heavy atom. The van der Waals surface area contributed by atoms with E-state index in [0.717, 1.165) is 11.3 Å². The number of nitrogens with one attached hydrogen (secondary N) is 1. The van der Waals surface area contributed by atoms with Crippen molar-refractivity contribution in [2.45, 2.75) is 30.7 Å². The predicted molar refractivity (Wildman–Crippen MR) is 106 cm³/mol. The number of amides is 4. The SMILES string of the molecule is Cc1ccc(NC(=O)CN2C(=O)C3CCCN3C2=O)cc1S(=O)(=O)N1CCOCC1. The minimum absolute atomic E-state index is 0.108. The Kier molecular flexibility index (Phi) is 5.51. The Hall–Kier alpha value is -2.50. The minimum atomic E-state index is -3.72. The van der Waals surface area contributed by atoms with E-state index in [-0.39, 0.29) is 29.6 Å². The Labute approximate surface area is 174 Å². The fraction of sp³-hybridized carbons (Fsp3) is 0.526. The maximum Gasteiger partial charge on any atom is 0.327 e. The molecule has 0 saturated carbocycles. The first-order chi connectivity index (χ1) is 14.3. The number of ether oxygens (including phenoxy) is 1. The molecule has 4 amide bonds. The molecule has 3 fully saturated rings. The molecule has 162 valence electrons. The maximum atomic E-state index is 13.0. The summed E-state index contributed by atoms with van der Waals surface area (Å²) in [7, 11) is -3.72. The van der Waals surface area contributed by atoms with Gasteiger partial charge in [0.05, 0.1) is 18.1 Å². The van der Waals surface area contributed by atoms with Crippen LogP contribution in [0.4, 0.5) is 10.5 Å². The van der Waals surface area contributed by atoms with Crippen molar-refractivity contribution in [2.75, 3.05) is 44.7 Å². The molecule has 3 aliphatic rings. The van der Waals surface area contributed by atoms with Crippen LogP contribution in [0.5, 0.6) is 0 Å². The normalized spacial score (nSPS) is 22.5. The van der Waals surface area contributed by atoms with Gasteiger partial charge in [-0.2, -0.15) is 4.31 Å². The van der Waals surface area contributed by atoms with Crippen LogP contribution in [0.3, 0.4) is 0 Å². The van der Waals surface area contributed by atoms with Crippen LogP contribution >= 0.6 is 0 Å². The highest BCUT2D eigenvalue weighted by Crippen LogP contribution is 2.28. The number of hydrogen-bond acceptors (Lipinski definition) is 6. The van der Waals surface area contributed by atoms with E-state index < -0.39 is 34.5 Å². The van der Waals surface area contributed by atoms with E-state index in [4.69, 9.17) is 4.74 Å². The number of sulfonamides is 1. The number of urea groups is 1. The van der Waals surface area contributed by atoms with Crippen molar-refractivity contribution in [3.05, 3.63) is 23.8 Å². The van der Waals surface area contributed by atoms with Crippen molar-refractivity contribution in [2.24, 2.45) is 0 Å². The highest BCUT2D eigenvalue weighted by Gasteiger charge is 2.47. The molecule has 0 aromatic heterocycles. The second kappa shape index (κ2) is 7.97. The van der Waals surface area contributed by atoms with Crippen LogP contribution in [0.2, 0.25) is 0 Å². The minimum Gasteiger partial charge on any atom is -0.379 e. The molecule has 3 saturated heterocycles. The van der Waals surface area contributed by atoms with Crippen molar-refractivity contribution >= 4 is 33.6 Å². The van der Waals surface area contributed by atoms with Gasteiger partial charge in [0.15, 0.2) is 0 Å². The summed E-state index contributed by atoms with van der Waals surface area (Å²) < 4.78 is 32.5. The van der Waals surface area contributed by atoms with E-state index in [1.54, 1.807) is 19.1 Å². The van der Waals surface area contributed by atoms with Crippen molar-refractivity contribution in [3.63, 3.8) is 0 Å². The molecule has 4 rings (SSSR count). The van der Waals surface area contributed by atoms with E-state index in [2.05, 4.69) is 5.32 Å². The average molecular weight is 436 g/mol. The van der Waals surface area contributed by atoms with Crippen LogP contribution < -0.4 is 5.32 Å². The summed E-state index contributed by atoms with van der Waals surface area (Å²) in [5.41, 5.74) is 0.849. The summed E-state index contributed by atoms with van der Waals surface area (Å²) in [6, 6.07) is 3.71. The monoisotopic (exact) mass is 436 g/mol. The van der Waals surface area contributed by atoms with Crippen LogP contribution in [0.25, 0.3) is 0 Å². The zero-order valence-corrected chi connectivity index (χ0v) is 17.5. The van der Waals surface area contributed by atoms with Crippen molar-refractivity contribution in [3.8, 4) is 0 Å². The molecule has 1 N–H and O–H groups in total. The topological polar surface area (TPSA) is 116 Å². The van der Waals surface area contributed by atoms with Crippen LogP contribution in [0.15, 0.2) is 23.1 Å². The average Bonchev–Trinajstić information content (AvgIpc) is 3.30. The lowest BCUT2D eigenvalue weighted by Gasteiger charge is -2.27. The number of benzene rings is 1. The van der Waals surface area contributed by atoms with E-state index in [9.17, 15) is 22.8 Å². The Bertz CT molecular complexity index is 967. The van der Waals surface area contributed by atoms with Gasteiger partial charge in [0.2, 0.25) is 15.9 Å². The van der Waals surface area contributed by atoms with Gasteiger partial charge >= 0.3 is 6.03 Å². The number of aryl methyl sites for hydroxylation is 1. The van der Waals surface area contributed by atoms with Gasteiger partial charge in [-0.15, -0.1) is 0 Å². The number of nitrogens with zero attached hydrogens (tertiary/aromatic N) is 3. The van der Waals surface area contributed by atoms with E-state index in [1.165, 1.54) is 15.3 Å². The highest BCUT2D eigenvalue weighted by atomic mass is 32.2. The molecule has 1 unspecified atom stereocenters. The number of carbonyl (C=O) groups is 3. The number of hydrogen-bond donors (Lipinski definition) is 1. The largest absolute Gasteiger partial charge is 0.379 e. The molecule has 0 radical (unpaired) electrons. The summed E-state index contributed by atoms with van der Waals surface area (Å²) in [5.74, 6) is -0.913. The standard InChI is InChI=1S/C19H24N4O6S/c1-13-4-5-14(11-16(13)30(27,28)21-7-9-29-10-8-21)20-17(24)12-23-18(25)15-3-2-6-22(15)19(23)26/h4-5,11,15H,2-3,6-10,12H2,1H3,(H,20,24). The summed E-state index contributed by atoms with van der Waals surface area (Å²) in [6.45, 7) is 3.03. The Morgan fingerprint density at radius 2 is 1.93 bits per heavy atom. The van der Waals surface area contributed by atoms with Gasteiger partial charge in [0, 0.05) is 25.3 Å². The molecule has 0 aliphatic carbocycles. The molecule has 3 heterocycles. The Balaban J connectivity index is 1.47. The quantitative estimate of drug-likeness (QED) is 0.667. The number of morpholine rings is 1. The van der Waals surface area contributed by atoms with Gasteiger partial charge in [-0.25, -0.2) is 13.2 Å². The van der Waals surface area contributed by atoms with Crippen LogP contribution in [-0.2, 0) is 24.3 Å². The molecule has 1 atom stereocenters. The van der Waals surface area contributed by atoms with E-state index in [1.807, 2.05) is 0 Å². The molecular formula is C19H24N4O6S. The number of rotatable bonds is 5. The van der Waals surface area contributed by atoms with Gasteiger partial charge in [-0.05, 0) is 37.5 Å². The summed E-state index contributed by atoms with van der Waals surface area (Å²) in [4.78, 5) is 39.8. The molecule has 1 aromatic carbocycles. The predicted octanol–water partition coefficient (Wildman–Crippen LogP) is 0.381. The molecule has 3 aliphatic heterocycles. The molecule has 10 nitrogen and oxygen atoms in total. The summed E-state index contributed by atoms with van der Waals surface area (Å²) in [5, 5.41) is 2.61. The maximum absolute atomic E-state index is 13.0. The molecule has 0 spiro atoms. The third-order valence-corrected chi connectivity index (χ3v) is 7.68. The van der Waals surface area contributed by atoms with Gasteiger partial charge in [0.1, 0.15) is 12.6 Å². The fourth-order valence-corrected chi connectivity index (χ4v) is 5.71. The number of anilines is 1. The zero-order chi connectivity index (χ0) is 21.5.